The largest absolute Gasteiger partial charge is 0.366 e. The minimum atomic E-state index is -0.750. The van der Waals surface area contributed by atoms with E-state index in [1.165, 1.54) is 24.3 Å². The maximum Gasteiger partial charge on any atom is 0.249 e. The average Bonchev–Trinajstić information content (AvgIpc) is 2.45. The van der Waals surface area contributed by atoms with Crippen LogP contribution in [0, 0.1) is 5.82 Å². The molecule has 0 fully saturated rings. The molecule has 120 valence electrons. The van der Waals surface area contributed by atoms with Gasteiger partial charge in [-0.3, -0.25) is 9.59 Å². The van der Waals surface area contributed by atoms with Crippen LogP contribution < -0.4 is 11.5 Å². The lowest BCUT2D eigenvalue weighted by Crippen LogP contribution is -2.19. The molecular weight excluding hydrogens is 363 g/mol. The fourth-order valence-electron chi connectivity index (χ4n) is 2.54. The molecule has 0 radical (unpaired) electrons. The Bertz CT molecular complexity index is 771. The molecule has 2 aromatic carbocycles. The molecule has 0 unspecified atom stereocenters. The van der Waals surface area contributed by atoms with Gasteiger partial charge in [0.2, 0.25) is 11.8 Å². The number of halogens is 2. The predicted octanol–water partition coefficient (Wildman–Crippen LogP) is 3.58. The van der Waals surface area contributed by atoms with Gasteiger partial charge in [0.25, 0.3) is 0 Å². The lowest BCUT2D eigenvalue weighted by atomic mass is 9.86. The second-order valence-corrected chi connectivity index (χ2v) is 6.38. The number of hydrogen-bond acceptors (Lipinski definition) is 2. The molecule has 0 saturated carbocycles. The van der Waals surface area contributed by atoms with Crippen LogP contribution in [0.5, 0.6) is 0 Å². The van der Waals surface area contributed by atoms with Gasteiger partial charge < -0.3 is 11.5 Å². The molecular formula is C17H16BrFN2O2. The first-order valence-electron chi connectivity index (χ1n) is 6.96. The number of rotatable bonds is 4. The molecule has 0 atom stereocenters. The van der Waals surface area contributed by atoms with Crippen LogP contribution in [0.3, 0.4) is 0 Å². The fraction of sp³-hybridized carbons (Fsp3) is 0.176. The molecule has 0 heterocycles. The van der Waals surface area contributed by atoms with E-state index in [9.17, 15) is 14.0 Å². The SMILES string of the molecule is CC(C)c1cc(Br)cc(F)c1-c1c(C(N)=O)cccc1C(N)=O. The van der Waals surface area contributed by atoms with Gasteiger partial charge in [-0.25, -0.2) is 4.39 Å². The summed E-state index contributed by atoms with van der Waals surface area (Å²) in [6.07, 6.45) is 0. The first-order chi connectivity index (χ1) is 10.7. The summed E-state index contributed by atoms with van der Waals surface area (Å²) in [5.74, 6) is -2.10. The van der Waals surface area contributed by atoms with Gasteiger partial charge in [0, 0.05) is 26.7 Å². The second-order valence-electron chi connectivity index (χ2n) is 5.46. The van der Waals surface area contributed by atoms with Crippen LogP contribution in [-0.2, 0) is 0 Å². The number of hydrogen-bond donors (Lipinski definition) is 2. The van der Waals surface area contributed by atoms with Gasteiger partial charge >= 0.3 is 0 Å². The van der Waals surface area contributed by atoms with Crippen molar-refractivity contribution in [3.05, 3.63) is 57.3 Å². The van der Waals surface area contributed by atoms with E-state index < -0.39 is 17.6 Å². The van der Waals surface area contributed by atoms with Gasteiger partial charge in [-0.1, -0.05) is 35.8 Å². The zero-order valence-electron chi connectivity index (χ0n) is 12.7. The maximum absolute atomic E-state index is 14.7. The Morgan fingerprint density at radius 1 is 1.04 bits per heavy atom. The third-order valence-corrected chi connectivity index (χ3v) is 4.01. The topological polar surface area (TPSA) is 86.2 Å². The molecule has 0 aliphatic heterocycles. The van der Waals surface area contributed by atoms with Crippen molar-refractivity contribution < 1.29 is 14.0 Å². The summed E-state index contributed by atoms with van der Waals surface area (Å²) in [4.78, 5) is 23.5. The molecule has 2 aromatic rings. The van der Waals surface area contributed by atoms with Crippen LogP contribution in [-0.4, -0.2) is 11.8 Å². The molecule has 0 aromatic heterocycles. The lowest BCUT2D eigenvalue weighted by molar-refractivity contribution is 0.0999. The molecule has 4 N–H and O–H groups in total. The highest BCUT2D eigenvalue weighted by Gasteiger charge is 2.24. The van der Waals surface area contributed by atoms with Gasteiger partial charge in [0.15, 0.2) is 0 Å². The van der Waals surface area contributed by atoms with Crippen molar-refractivity contribution in [2.45, 2.75) is 19.8 Å². The fourth-order valence-corrected chi connectivity index (χ4v) is 2.99. The summed E-state index contributed by atoms with van der Waals surface area (Å²) in [5, 5.41) is 0. The van der Waals surface area contributed by atoms with Crippen molar-refractivity contribution in [3.8, 4) is 11.1 Å². The number of carbonyl (C=O) groups excluding carboxylic acids is 2. The number of amides is 2. The van der Waals surface area contributed by atoms with Crippen LogP contribution in [0.4, 0.5) is 4.39 Å². The summed E-state index contributed by atoms with van der Waals surface area (Å²) < 4.78 is 15.3. The number of benzene rings is 2. The van der Waals surface area contributed by atoms with Gasteiger partial charge in [0.1, 0.15) is 5.82 Å². The minimum absolute atomic E-state index is 0.0429. The van der Waals surface area contributed by atoms with Crippen LogP contribution >= 0.6 is 15.9 Å². The highest BCUT2D eigenvalue weighted by atomic mass is 79.9. The van der Waals surface area contributed by atoms with E-state index in [1.54, 1.807) is 6.07 Å². The molecule has 0 aliphatic carbocycles. The molecule has 6 heteroatoms. The standard InChI is InChI=1S/C17H16BrFN2O2/c1-8(2)12-6-9(18)7-13(19)15(12)14-10(16(20)22)4-3-5-11(14)17(21)23/h3-8H,1-2H3,(H2,20,22)(H2,21,23). The second kappa shape index (κ2) is 6.50. The molecule has 2 amide bonds. The first-order valence-corrected chi connectivity index (χ1v) is 7.75. The van der Waals surface area contributed by atoms with Crippen LogP contribution in [0.15, 0.2) is 34.8 Å². The van der Waals surface area contributed by atoms with Crippen molar-refractivity contribution in [3.63, 3.8) is 0 Å². The Kier molecular flexibility index (Phi) is 4.85. The van der Waals surface area contributed by atoms with E-state index in [0.29, 0.717) is 10.0 Å². The average molecular weight is 379 g/mol. The predicted molar refractivity (Wildman–Crippen MR) is 90.7 cm³/mol. The lowest BCUT2D eigenvalue weighted by Gasteiger charge is -2.18. The van der Waals surface area contributed by atoms with E-state index in [-0.39, 0.29) is 28.2 Å². The van der Waals surface area contributed by atoms with Crippen molar-refractivity contribution in [1.82, 2.24) is 0 Å². The van der Waals surface area contributed by atoms with E-state index >= 15 is 0 Å². The summed E-state index contributed by atoms with van der Waals surface area (Å²) in [7, 11) is 0. The zero-order valence-corrected chi connectivity index (χ0v) is 14.3. The van der Waals surface area contributed by atoms with Crippen LogP contribution in [0.1, 0.15) is 46.0 Å². The Morgan fingerprint density at radius 2 is 1.57 bits per heavy atom. The Hall–Kier alpha value is -2.21. The normalized spacial score (nSPS) is 10.8. The number of nitrogens with two attached hydrogens (primary N) is 2. The maximum atomic E-state index is 14.7. The monoisotopic (exact) mass is 378 g/mol. The summed E-state index contributed by atoms with van der Waals surface area (Å²) in [6.45, 7) is 3.78. The third kappa shape index (κ3) is 3.27. The van der Waals surface area contributed by atoms with Crippen LogP contribution in [0.25, 0.3) is 11.1 Å². The summed E-state index contributed by atoms with van der Waals surface area (Å²) >= 11 is 3.26. The number of primary amides is 2. The smallest absolute Gasteiger partial charge is 0.249 e. The van der Waals surface area contributed by atoms with Gasteiger partial charge in [-0.15, -0.1) is 0 Å². The quantitative estimate of drug-likeness (QED) is 0.851. The van der Waals surface area contributed by atoms with E-state index in [4.69, 9.17) is 11.5 Å². The van der Waals surface area contributed by atoms with E-state index in [1.807, 2.05) is 13.8 Å². The van der Waals surface area contributed by atoms with Crippen molar-refractivity contribution in [1.29, 1.82) is 0 Å². The minimum Gasteiger partial charge on any atom is -0.366 e. The molecule has 0 saturated heterocycles. The highest BCUT2D eigenvalue weighted by molar-refractivity contribution is 9.10. The van der Waals surface area contributed by atoms with E-state index in [2.05, 4.69) is 15.9 Å². The molecule has 2 rings (SSSR count). The van der Waals surface area contributed by atoms with Crippen molar-refractivity contribution in [2.75, 3.05) is 0 Å². The molecule has 0 aliphatic rings. The molecule has 23 heavy (non-hydrogen) atoms. The molecule has 0 bridgehead atoms. The highest BCUT2D eigenvalue weighted by Crippen LogP contribution is 2.38. The Balaban J connectivity index is 2.97. The van der Waals surface area contributed by atoms with Crippen LogP contribution in [0.2, 0.25) is 0 Å². The van der Waals surface area contributed by atoms with E-state index in [0.717, 1.165) is 0 Å². The summed E-state index contributed by atoms with van der Waals surface area (Å²) in [5.41, 5.74) is 11.9. The number of carbonyl (C=O) groups is 2. The zero-order chi connectivity index (χ0) is 17.3. The Labute approximate surface area is 141 Å². The van der Waals surface area contributed by atoms with Gasteiger partial charge in [0.05, 0.1) is 0 Å². The van der Waals surface area contributed by atoms with Gasteiger partial charge in [-0.05, 0) is 35.7 Å². The molecule has 4 nitrogen and oxygen atoms in total. The van der Waals surface area contributed by atoms with Crippen molar-refractivity contribution >= 4 is 27.7 Å². The Morgan fingerprint density at radius 3 is 2.00 bits per heavy atom. The molecule has 0 spiro atoms. The summed E-state index contributed by atoms with van der Waals surface area (Å²) in [6, 6.07) is 7.44. The van der Waals surface area contributed by atoms with Gasteiger partial charge in [-0.2, -0.15) is 0 Å². The first kappa shape index (κ1) is 17.1. The third-order valence-electron chi connectivity index (χ3n) is 3.55. The van der Waals surface area contributed by atoms with Crippen molar-refractivity contribution in [2.24, 2.45) is 11.5 Å².